The Morgan fingerprint density at radius 1 is 1.05 bits per heavy atom. The van der Waals surface area contributed by atoms with Crippen LogP contribution in [0.1, 0.15) is 25.8 Å². The van der Waals surface area contributed by atoms with Crippen molar-refractivity contribution in [3.05, 3.63) is 48.0 Å². The van der Waals surface area contributed by atoms with Gasteiger partial charge in [0, 0.05) is 34.4 Å². The lowest BCUT2D eigenvalue weighted by molar-refractivity contribution is 0.565. The molecule has 2 nitrogen and oxygen atoms in total. The van der Waals surface area contributed by atoms with E-state index in [2.05, 4.69) is 66.2 Å². The Morgan fingerprint density at radius 2 is 1.81 bits per heavy atom. The van der Waals surface area contributed by atoms with E-state index in [0.717, 1.165) is 13.0 Å². The van der Waals surface area contributed by atoms with Crippen LogP contribution in [0, 0.1) is 0 Å². The van der Waals surface area contributed by atoms with E-state index in [9.17, 15) is 0 Å². The van der Waals surface area contributed by atoms with Gasteiger partial charge in [-0.2, -0.15) is 0 Å². The van der Waals surface area contributed by atoms with Gasteiger partial charge in [-0.15, -0.1) is 0 Å². The van der Waals surface area contributed by atoms with E-state index in [1.807, 2.05) is 7.05 Å². The summed E-state index contributed by atoms with van der Waals surface area (Å²) in [7, 11) is 2.03. The lowest BCUT2D eigenvalue weighted by atomic mass is 10.0. The van der Waals surface area contributed by atoms with Gasteiger partial charge in [-0.3, -0.25) is 0 Å². The smallest absolute Gasteiger partial charge is 0.0491 e. The molecule has 1 N–H and O–H groups in total. The summed E-state index contributed by atoms with van der Waals surface area (Å²) in [5.41, 5.74) is 4.13. The van der Waals surface area contributed by atoms with Gasteiger partial charge in [0.25, 0.3) is 0 Å². The molecule has 0 fully saturated rings. The van der Waals surface area contributed by atoms with Crippen molar-refractivity contribution < 1.29 is 0 Å². The second kappa shape index (κ2) is 5.90. The maximum absolute atomic E-state index is 3.31. The third kappa shape index (κ3) is 2.56. The third-order valence-corrected chi connectivity index (χ3v) is 4.51. The van der Waals surface area contributed by atoms with E-state index in [4.69, 9.17) is 0 Å². The zero-order valence-electron chi connectivity index (χ0n) is 13.2. The predicted molar refractivity (Wildman–Crippen MR) is 92.0 cm³/mol. The average Bonchev–Trinajstić information content (AvgIpc) is 2.85. The van der Waals surface area contributed by atoms with Crippen LogP contribution in [-0.4, -0.2) is 17.7 Å². The van der Waals surface area contributed by atoms with Crippen LogP contribution in [0.15, 0.2) is 42.5 Å². The van der Waals surface area contributed by atoms with Gasteiger partial charge in [0.05, 0.1) is 0 Å². The molecule has 1 aromatic heterocycles. The topological polar surface area (TPSA) is 17.0 Å². The fraction of sp³-hybridized carbons (Fsp3) is 0.368. The number of hydrogen-bond acceptors (Lipinski definition) is 1. The van der Waals surface area contributed by atoms with Crippen LogP contribution < -0.4 is 5.32 Å². The van der Waals surface area contributed by atoms with Crippen molar-refractivity contribution in [1.29, 1.82) is 0 Å². The van der Waals surface area contributed by atoms with Gasteiger partial charge in [0.2, 0.25) is 0 Å². The van der Waals surface area contributed by atoms with E-state index in [0.29, 0.717) is 6.04 Å². The molecule has 0 saturated carbocycles. The Kier molecular flexibility index (Phi) is 3.98. The van der Waals surface area contributed by atoms with Gasteiger partial charge in [-0.25, -0.2) is 0 Å². The van der Waals surface area contributed by atoms with Crippen molar-refractivity contribution in [2.75, 3.05) is 7.05 Å². The van der Waals surface area contributed by atoms with Crippen molar-refractivity contribution in [2.24, 2.45) is 0 Å². The SMILES string of the molecule is CCn1c2ccccc2c2cc(CCC(C)NC)ccc21. The number of rotatable bonds is 5. The van der Waals surface area contributed by atoms with Gasteiger partial charge >= 0.3 is 0 Å². The molecule has 3 rings (SSSR count). The summed E-state index contributed by atoms with van der Waals surface area (Å²) in [5.74, 6) is 0. The van der Waals surface area contributed by atoms with Gasteiger partial charge in [0.1, 0.15) is 0 Å². The molecule has 3 aromatic rings. The standard InChI is InChI=1S/C19H24N2/c1-4-21-18-8-6-5-7-16(18)17-13-15(11-12-19(17)21)10-9-14(2)20-3/h5-8,11-14,20H,4,9-10H2,1-3H3. The summed E-state index contributed by atoms with van der Waals surface area (Å²) in [6.07, 6.45) is 2.30. The molecule has 0 spiro atoms. The van der Waals surface area contributed by atoms with Gasteiger partial charge in [-0.1, -0.05) is 24.3 Å². The number of nitrogens with one attached hydrogen (secondary N) is 1. The molecular weight excluding hydrogens is 256 g/mol. The Hall–Kier alpha value is -1.80. The number of fused-ring (bicyclic) bond motifs is 3. The molecule has 1 unspecified atom stereocenters. The minimum atomic E-state index is 0.567. The fourth-order valence-electron chi connectivity index (χ4n) is 3.12. The number of hydrogen-bond donors (Lipinski definition) is 1. The Labute approximate surface area is 126 Å². The minimum Gasteiger partial charge on any atom is -0.341 e. The van der Waals surface area contributed by atoms with Gasteiger partial charge in [0.15, 0.2) is 0 Å². The first-order valence-corrected chi connectivity index (χ1v) is 7.91. The molecule has 2 heteroatoms. The molecule has 1 heterocycles. The van der Waals surface area contributed by atoms with Crippen LogP contribution in [0.25, 0.3) is 21.8 Å². The summed E-state index contributed by atoms with van der Waals surface area (Å²) in [6.45, 7) is 5.47. The summed E-state index contributed by atoms with van der Waals surface area (Å²) < 4.78 is 2.41. The van der Waals surface area contributed by atoms with Crippen LogP contribution in [-0.2, 0) is 13.0 Å². The van der Waals surface area contributed by atoms with E-state index in [-0.39, 0.29) is 0 Å². The maximum Gasteiger partial charge on any atom is 0.0491 e. The second-order valence-electron chi connectivity index (χ2n) is 5.84. The molecule has 0 bridgehead atoms. The van der Waals surface area contributed by atoms with E-state index >= 15 is 0 Å². The molecule has 21 heavy (non-hydrogen) atoms. The summed E-state index contributed by atoms with van der Waals surface area (Å²) in [4.78, 5) is 0. The summed E-state index contributed by atoms with van der Waals surface area (Å²) >= 11 is 0. The minimum absolute atomic E-state index is 0.567. The number of nitrogens with zero attached hydrogens (tertiary/aromatic N) is 1. The first-order chi connectivity index (χ1) is 10.2. The fourth-order valence-corrected chi connectivity index (χ4v) is 3.12. The highest BCUT2D eigenvalue weighted by atomic mass is 15.0. The van der Waals surface area contributed by atoms with Crippen molar-refractivity contribution in [3.63, 3.8) is 0 Å². The zero-order chi connectivity index (χ0) is 14.8. The van der Waals surface area contributed by atoms with Gasteiger partial charge in [-0.05, 0) is 57.5 Å². The Balaban J connectivity index is 2.06. The Bertz CT molecular complexity index is 755. The maximum atomic E-state index is 3.31. The quantitative estimate of drug-likeness (QED) is 0.735. The van der Waals surface area contributed by atoms with Crippen LogP contribution in [0.5, 0.6) is 0 Å². The van der Waals surface area contributed by atoms with E-state index < -0.39 is 0 Å². The molecule has 1 atom stereocenters. The van der Waals surface area contributed by atoms with E-state index in [1.54, 1.807) is 0 Å². The summed E-state index contributed by atoms with van der Waals surface area (Å²) in [6, 6.07) is 16.3. The molecule has 0 amide bonds. The normalized spacial score (nSPS) is 13.1. The van der Waals surface area contributed by atoms with Crippen LogP contribution in [0.3, 0.4) is 0 Å². The number of aromatic nitrogens is 1. The molecule has 0 aliphatic rings. The first kappa shape index (κ1) is 14.2. The monoisotopic (exact) mass is 280 g/mol. The molecule has 0 aliphatic heterocycles. The molecule has 0 saturated heterocycles. The molecular formula is C19H24N2. The highest BCUT2D eigenvalue weighted by Gasteiger charge is 2.09. The van der Waals surface area contributed by atoms with Crippen LogP contribution >= 0.6 is 0 Å². The Morgan fingerprint density at radius 3 is 2.57 bits per heavy atom. The van der Waals surface area contributed by atoms with Crippen LogP contribution in [0.2, 0.25) is 0 Å². The lowest BCUT2D eigenvalue weighted by Crippen LogP contribution is -2.21. The van der Waals surface area contributed by atoms with Crippen molar-refractivity contribution in [2.45, 2.75) is 39.3 Å². The molecule has 110 valence electrons. The second-order valence-corrected chi connectivity index (χ2v) is 5.84. The van der Waals surface area contributed by atoms with Crippen LogP contribution in [0.4, 0.5) is 0 Å². The first-order valence-electron chi connectivity index (χ1n) is 7.91. The molecule has 0 aliphatic carbocycles. The number of para-hydroxylation sites is 1. The average molecular weight is 280 g/mol. The molecule has 2 aromatic carbocycles. The third-order valence-electron chi connectivity index (χ3n) is 4.51. The highest BCUT2D eigenvalue weighted by molar-refractivity contribution is 6.08. The van der Waals surface area contributed by atoms with E-state index in [1.165, 1.54) is 33.8 Å². The number of aryl methyl sites for hydroxylation is 2. The largest absolute Gasteiger partial charge is 0.341 e. The predicted octanol–water partition coefficient (Wildman–Crippen LogP) is 4.35. The highest BCUT2D eigenvalue weighted by Crippen LogP contribution is 2.29. The summed E-state index contributed by atoms with van der Waals surface area (Å²) in [5, 5.41) is 6.07. The lowest BCUT2D eigenvalue weighted by Gasteiger charge is -2.10. The van der Waals surface area contributed by atoms with Crippen molar-refractivity contribution >= 4 is 21.8 Å². The number of benzene rings is 2. The van der Waals surface area contributed by atoms with Gasteiger partial charge < -0.3 is 9.88 Å². The molecule has 0 radical (unpaired) electrons. The zero-order valence-corrected chi connectivity index (χ0v) is 13.2. The van der Waals surface area contributed by atoms with Crippen molar-refractivity contribution in [3.8, 4) is 0 Å². The van der Waals surface area contributed by atoms with Crippen molar-refractivity contribution in [1.82, 2.24) is 9.88 Å².